The maximum Gasteiger partial charge on any atom is 0.186 e. The number of benzene rings is 2. The van der Waals surface area contributed by atoms with Gasteiger partial charge in [-0.1, -0.05) is 36.4 Å². The van der Waals surface area contributed by atoms with Gasteiger partial charge in [0, 0.05) is 17.7 Å². The van der Waals surface area contributed by atoms with E-state index in [0.29, 0.717) is 22.8 Å². The van der Waals surface area contributed by atoms with E-state index in [1.165, 1.54) is 7.11 Å². The molecule has 1 aliphatic rings. The summed E-state index contributed by atoms with van der Waals surface area (Å²) in [4.78, 5) is 0. The molecule has 31 heavy (non-hydrogen) atoms. The van der Waals surface area contributed by atoms with E-state index in [1.54, 1.807) is 25.3 Å². The molecular weight excluding hydrogens is 424 g/mol. The van der Waals surface area contributed by atoms with Crippen LogP contribution in [-0.4, -0.2) is 60.7 Å². The SMILES string of the molecule is C=CCOc1cc(Cl)c(Cc2ccc(OC)cc2)cc1C1OC(OC)[C@@H](O)C(O)[C@H]1O. The average molecular weight is 451 g/mol. The second-order valence-corrected chi connectivity index (χ2v) is 7.65. The number of rotatable bonds is 8. The van der Waals surface area contributed by atoms with E-state index in [2.05, 4.69) is 6.58 Å². The molecule has 5 atom stereocenters. The molecule has 0 bridgehead atoms. The van der Waals surface area contributed by atoms with Crippen LogP contribution >= 0.6 is 11.6 Å². The highest BCUT2D eigenvalue weighted by molar-refractivity contribution is 6.31. The van der Waals surface area contributed by atoms with Crippen LogP contribution in [0, 0.1) is 0 Å². The minimum Gasteiger partial charge on any atom is -0.497 e. The molecule has 3 unspecified atom stereocenters. The van der Waals surface area contributed by atoms with Gasteiger partial charge < -0.3 is 34.3 Å². The third kappa shape index (κ3) is 5.20. The number of aliphatic hydroxyl groups excluding tert-OH is 3. The number of ether oxygens (including phenoxy) is 4. The van der Waals surface area contributed by atoms with Gasteiger partial charge in [-0.2, -0.15) is 0 Å². The van der Waals surface area contributed by atoms with Gasteiger partial charge in [0.15, 0.2) is 6.29 Å². The van der Waals surface area contributed by atoms with E-state index in [9.17, 15) is 15.3 Å². The molecule has 0 aliphatic carbocycles. The summed E-state index contributed by atoms with van der Waals surface area (Å²) in [5.74, 6) is 1.13. The quantitative estimate of drug-likeness (QED) is 0.532. The summed E-state index contributed by atoms with van der Waals surface area (Å²) in [6, 6.07) is 11.0. The monoisotopic (exact) mass is 450 g/mol. The minimum atomic E-state index is -1.46. The van der Waals surface area contributed by atoms with E-state index < -0.39 is 30.7 Å². The van der Waals surface area contributed by atoms with E-state index in [1.807, 2.05) is 24.3 Å². The number of hydrogen-bond acceptors (Lipinski definition) is 7. The third-order valence-corrected chi connectivity index (χ3v) is 5.55. The van der Waals surface area contributed by atoms with Gasteiger partial charge in [-0.25, -0.2) is 0 Å². The van der Waals surface area contributed by atoms with Crippen LogP contribution in [0.1, 0.15) is 22.8 Å². The predicted molar refractivity (Wildman–Crippen MR) is 116 cm³/mol. The molecule has 0 saturated carbocycles. The summed E-state index contributed by atoms with van der Waals surface area (Å²) in [5.41, 5.74) is 2.26. The molecule has 2 aromatic rings. The van der Waals surface area contributed by atoms with Crippen LogP contribution in [-0.2, 0) is 15.9 Å². The average Bonchev–Trinajstić information content (AvgIpc) is 2.78. The van der Waals surface area contributed by atoms with Crippen molar-refractivity contribution in [2.24, 2.45) is 0 Å². The lowest BCUT2D eigenvalue weighted by Gasteiger charge is -2.40. The van der Waals surface area contributed by atoms with Crippen molar-refractivity contribution < 1.29 is 34.3 Å². The van der Waals surface area contributed by atoms with Gasteiger partial charge in [-0.3, -0.25) is 0 Å². The molecule has 8 heteroatoms. The zero-order chi connectivity index (χ0) is 22.5. The van der Waals surface area contributed by atoms with E-state index in [-0.39, 0.29) is 6.61 Å². The fraction of sp³-hybridized carbons (Fsp3) is 0.391. The van der Waals surface area contributed by atoms with Gasteiger partial charge >= 0.3 is 0 Å². The first kappa shape index (κ1) is 23.5. The van der Waals surface area contributed by atoms with Gasteiger partial charge in [0.1, 0.15) is 42.5 Å². The highest BCUT2D eigenvalue weighted by Crippen LogP contribution is 2.40. The van der Waals surface area contributed by atoms with Crippen LogP contribution < -0.4 is 9.47 Å². The van der Waals surface area contributed by atoms with Crippen LogP contribution in [0.2, 0.25) is 5.02 Å². The zero-order valence-electron chi connectivity index (χ0n) is 17.4. The zero-order valence-corrected chi connectivity index (χ0v) is 18.2. The highest BCUT2D eigenvalue weighted by atomic mass is 35.5. The van der Waals surface area contributed by atoms with Crippen molar-refractivity contribution in [1.82, 2.24) is 0 Å². The van der Waals surface area contributed by atoms with Crippen molar-refractivity contribution in [1.29, 1.82) is 0 Å². The maximum atomic E-state index is 10.6. The molecule has 2 aromatic carbocycles. The van der Waals surface area contributed by atoms with Crippen LogP contribution in [0.3, 0.4) is 0 Å². The lowest BCUT2D eigenvalue weighted by Crippen LogP contribution is -2.54. The Morgan fingerprint density at radius 1 is 1.06 bits per heavy atom. The minimum absolute atomic E-state index is 0.211. The smallest absolute Gasteiger partial charge is 0.186 e. The first-order valence-corrected chi connectivity index (χ1v) is 10.2. The lowest BCUT2D eigenvalue weighted by molar-refractivity contribution is -0.292. The molecule has 168 valence electrons. The Kier molecular flexibility index (Phi) is 7.94. The Labute approximate surface area is 186 Å². The van der Waals surface area contributed by atoms with E-state index >= 15 is 0 Å². The van der Waals surface area contributed by atoms with Crippen molar-refractivity contribution >= 4 is 11.6 Å². The predicted octanol–water partition coefficient (Wildman–Crippen LogP) is 2.63. The molecule has 0 radical (unpaired) electrons. The summed E-state index contributed by atoms with van der Waals surface area (Å²) in [5, 5.41) is 31.5. The van der Waals surface area contributed by atoms with Crippen molar-refractivity contribution in [3.63, 3.8) is 0 Å². The van der Waals surface area contributed by atoms with Gasteiger partial charge in [-0.15, -0.1) is 0 Å². The highest BCUT2D eigenvalue weighted by Gasteiger charge is 2.45. The first-order valence-electron chi connectivity index (χ1n) is 9.81. The van der Waals surface area contributed by atoms with Gasteiger partial charge in [0.2, 0.25) is 0 Å². The Balaban J connectivity index is 1.99. The number of aliphatic hydroxyl groups is 3. The molecule has 0 aromatic heterocycles. The molecule has 1 aliphatic heterocycles. The molecule has 3 rings (SSSR count). The molecule has 7 nitrogen and oxygen atoms in total. The van der Waals surface area contributed by atoms with Crippen molar-refractivity contribution in [2.45, 2.75) is 37.1 Å². The molecule has 0 amide bonds. The van der Waals surface area contributed by atoms with Gasteiger partial charge in [0.25, 0.3) is 0 Å². The third-order valence-electron chi connectivity index (χ3n) is 5.20. The Morgan fingerprint density at radius 3 is 2.39 bits per heavy atom. The number of methoxy groups -OCH3 is 2. The van der Waals surface area contributed by atoms with Gasteiger partial charge in [0.05, 0.1) is 7.11 Å². The summed E-state index contributed by atoms with van der Waals surface area (Å²) < 4.78 is 21.8. The lowest BCUT2D eigenvalue weighted by atomic mass is 9.91. The largest absolute Gasteiger partial charge is 0.497 e. The number of hydrogen-bond donors (Lipinski definition) is 3. The Bertz CT molecular complexity index is 884. The number of halogens is 1. The van der Waals surface area contributed by atoms with Gasteiger partial charge in [-0.05, 0) is 41.8 Å². The molecule has 1 heterocycles. The molecule has 1 saturated heterocycles. The fourth-order valence-electron chi connectivity index (χ4n) is 3.51. The van der Waals surface area contributed by atoms with E-state index in [0.717, 1.165) is 16.9 Å². The first-order chi connectivity index (χ1) is 14.9. The van der Waals surface area contributed by atoms with Crippen molar-refractivity contribution in [3.05, 3.63) is 70.8 Å². The van der Waals surface area contributed by atoms with Crippen LogP contribution in [0.4, 0.5) is 0 Å². The van der Waals surface area contributed by atoms with Crippen molar-refractivity contribution in [2.75, 3.05) is 20.8 Å². The summed E-state index contributed by atoms with van der Waals surface area (Å²) >= 11 is 6.52. The maximum absolute atomic E-state index is 10.6. The topological polar surface area (TPSA) is 97.6 Å². The van der Waals surface area contributed by atoms with Crippen LogP contribution in [0.5, 0.6) is 11.5 Å². The summed E-state index contributed by atoms with van der Waals surface area (Å²) in [6.07, 6.45) is -4.28. The second-order valence-electron chi connectivity index (χ2n) is 7.24. The normalized spacial score (nSPS) is 25.8. The molecule has 0 spiro atoms. The summed E-state index contributed by atoms with van der Waals surface area (Å²) in [6.45, 7) is 3.86. The fourth-order valence-corrected chi connectivity index (χ4v) is 3.73. The van der Waals surface area contributed by atoms with Crippen molar-refractivity contribution in [3.8, 4) is 11.5 Å². The second kappa shape index (κ2) is 10.5. The van der Waals surface area contributed by atoms with Crippen LogP contribution in [0.25, 0.3) is 0 Å². The van der Waals surface area contributed by atoms with E-state index in [4.69, 9.17) is 30.5 Å². The summed E-state index contributed by atoms with van der Waals surface area (Å²) in [7, 11) is 2.95. The molecular formula is C23H27ClO7. The molecule has 3 N–H and O–H groups in total. The Hall–Kier alpha value is -2.13. The van der Waals surface area contributed by atoms with Crippen LogP contribution in [0.15, 0.2) is 49.1 Å². The molecule has 1 fully saturated rings. The standard InChI is InChI=1S/C23H27ClO7/c1-4-9-30-18-12-17(24)14(10-13-5-7-15(28-2)8-6-13)11-16(18)22-20(26)19(25)21(27)23(29-3)31-22/h4-8,11-12,19-23,25-27H,1,9-10H2,2-3H3/t19?,20-,21+,22?,23?/m1/s1. The Morgan fingerprint density at radius 2 is 1.77 bits per heavy atom.